The quantitative estimate of drug-likeness (QED) is 0.647. The summed E-state index contributed by atoms with van der Waals surface area (Å²) < 4.78 is 21.8. The van der Waals surface area contributed by atoms with E-state index in [9.17, 15) is 4.79 Å². The van der Waals surface area contributed by atoms with E-state index in [4.69, 9.17) is 18.9 Å². The van der Waals surface area contributed by atoms with Gasteiger partial charge in [-0.2, -0.15) is 0 Å². The molecule has 2 atom stereocenters. The third-order valence-corrected chi connectivity index (χ3v) is 6.78. The molecular formula is C24H30N2O5S. The summed E-state index contributed by atoms with van der Waals surface area (Å²) in [6, 6.07) is 11.9. The van der Waals surface area contributed by atoms with E-state index >= 15 is 0 Å². The zero-order valence-corrected chi connectivity index (χ0v) is 19.7. The van der Waals surface area contributed by atoms with Gasteiger partial charge >= 0.3 is 0 Å². The molecule has 2 heterocycles. The number of likely N-dealkylation sites (tertiary alicyclic amines) is 1. The van der Waals surface area contributed by atoms with Gasteiger partial charge in [-0.05, 0) is 62.2 Å². The van der Waals surface area contributed by atoms with Gasteiger partial charge in [0.25, 0.3) is 0 Å². The van der Waals surface area contributed by atoms with Crippen molar-refractivity contribution in [3.8, 4) is 23.0 Å². The summed E-state index contributed by atoms with van der Waals surface area (Å²) in [5.41, 5.74) is 1.03. The molecule has 0 aromatic heterocycles. The highest BCUT2D eigenvalue weighted by Crippen LogP contribution is 2.42. The molecule has 2 aliphatic heterocycles. The highest BCUT2D eigenvalue weighted by Gasteiger charge is 2.37. The van der Waals surface area contributed by atoms with Crippen molar-refractivity contribution >= 4 is 17.7 Å². The highest BCUT2D eigenvalue weighted by atomic mass is 32.2. The summed E-state index contributed by atoms with van der Waals surface area (Å²) in [6.07, 6.45) is 0.789. The highest BCUT2D eigenvalue weighted by molar-refractivity contribution is 8.00. The van der Waals surface area contributed by atoms with Crippen LogP contribution in [0.2, 0.25) is 0 Å². The first-order valence-electron chi connectivity index (χ1n) is 10.8. The number of methoxy groups -OCH3 is 2. The SMILES string of the molecule is COc1ccc(S[C@@H]2C[C@@H](C(=O)NC(C)C)N(Cc3cc(OC)c4c(c3)OCO4)C2)cc1. The number of hydrogen-bond acceptors (Lipinski definition) is 7. The summed E-state index contributed by atoms with van der Waals surface area (Å²) in [5.74, 6) is 2.89. The fourth-order valence-corrected chi connectivity index (χ4v) is 5.35. The van der Waals surface area contributed by atoms with Gasteiger partial charge in [-0.25, -0.2) is 0 Å². The third-order valence-electron chi connectivity index (χ3n) is 5.56. The number of fused-ring (bicyclic) bond motifs is 1. The standard InChI is InChI=1S/C24H30N2O5S/c1-15(2)25-24(27)20-11-19(32-18-7-5-17(28-3)6-8-18)13-26(20)12-16-9-21(29-4)23-22(10-16)30-14-31-23/h5-10,15,19-20H,11-14H2,1-4H3,(H,25,27)/t19-,20+/m1/s1. The van der Waals surface area contributed by atoms with Crippen molar-refractivity contribution in [1.82, 2.24) is 10.2 Å². The summed E-state index contributed by atoms with van der Waals surface area (Å²) >= 11 is 1.81. The van der Waals surface area contributed by atoms with Gasteiger partial charge in [0.15, 0.2) is 11.5 Å². The molecule has 2 aromatic rings. The molecule has 0 radical (unpaired) electrons. The number of amides is 1. The Hall–Kier alpha value is -2.58. The average Bonchev–Trinajstić information content (AvgIpc) is 3.40. The fourth-order valence-electron chi connectivity index (χ4n) is 4.13. The minimum atomic E-state index is -0.190. The van der Waals surface area contributed by atoms with Crippen LogP contribution in [0.15, 0.2) is 41.3 Å². The maximum absolute atomic E-state index is 13.0. The van der Waals surface area contributed by atoms with Gasteiger partial charge < -0.3 is 24.3 Å². The summed E-state index contributed by atoms with van der Waals surface area (Å²) in [5, 5.41) is 3.40. The van der Waals surface area contributed by atoms with E-state index in [2.05, 4.69) is 22.3 Å². The Bertz CT molecular complexity index is 950. The van der Waals surface area contributed by atoms with Gasteiger partial charge in [0.05, 0.1) is 20.3 Å². The number of nitrogens with one attached hydrogen (secondary N) is 1. The summed E-state index contributed by atoms with van der Waals surface area (Å²) in [7, 11) is 3.29. The number of hydrogen-bond donors (Lipinski definition) is 1. The Labute approximate surface area is 193 Å². The first-order chi connectivity index (χ1) is 15.5. The minimum Gasteiger partial charge on any atom is -0.497 e. The number of ether oxygens (including phenoxy) is 4. The largest absolute Gasteiger partial charge is 0.497 e. The number of benzene rings is 2. The van der Waals surface area contributed by atoms with E-state index in [0.717, 1.165) is 24.3 Å². The van der Waals surface area contributed by atoms with E-state index in [1.807, 2.05) is 38.1 Å². The van der Waals surface area contributed by atoms with Crippen LogP contribution < -0.4 is 24.3 Å². The lowest BCUT2D eigenvalue weighted by molar-refractivity contribution is -0.126. The van der Waals surface area contributed by atoms with E-state index in [1.54, 1.807) is 26.0 Å². The van der Waals surface area contributed by atoms with Gasteiger partial charge in [0.1, 0.15) is 5.75 Å². The smallest absolute Gasteiger partial charge is 0.237 e. The first kappa shape index (κ1) is 22.6. The monoisotopic (exact) mass is 458 g/mol. The van der Waals surface area contributed by atoms with Crippen molar-refractivity contribution in [1.29, 1.82) is 0 Å². The maximum Gasteiger partial charge on any atom is 0.237 e. The molecule has 0 unspecified atom stereocenters. The number of carbonyl (C=O) groups is 1. The summed E-state index contributed by atoms with van der Waals surface area (Å²) in [4.78, 5) is 16.4. The minimum absolute atomic E-state index is 0.0746. The second kappa shape index (κ2) is 9.92. The predicted molar refractivity (Wildman–Crippen MR) is 124 cm³/mol. The molecule has 172 valence electrons. The topological polar surface area (TPSA) is 69.3 Å². The molecule has 1 N–H and O–H groups in total. The van der Waals surface area contributed by atoms with Crippen LogP contribution >= 0.6 is 11.8 Å². The average molecular weight is 459 g/mol. The number of carbonyl (C=O) groups excluding carboxylic acids is 1. The second-order valence-electron chi connectivity index (χ2n) is 8.29. The molecule has 2 aromatic carbocycles. The van der Waals surface area contributed by atoms with E-state index < -0.39 is 0 Å². The van der Waals surface area contributed by atoms with Crippen LogP contribution in [0.4, 0.5) is 0 Å². The van der Waals surface area contributed by atoms with Crippen molar-refractivity contribution in [2.75, 3.05) is 27.6 Å². The van der Waals surface area contributed by atoms with Crippen molar-refractivity contribution in [3.63, 3.8) is 0 Å². The molecule has 0 spiro atoms. The molecule has 0 saturated carbocycles. The number of nitrogens with zero attached hydrogens (tertiary/aromatic N) is 1. The van der Waals surface area contributed by atoms with E-state index in [-0.39, 0.29) is 24.8 Å². The van der Waals surface area contributed by atoms with Crippen LogP contribution in [0.1, 0.15) is 25.8 Å². The lowest BCUT2D eigenvalue weighted by Gasteiger charge is -2.24. The first-order valence-corrected chi connectivity index (χ1v) is 11.7. The lowest BCUT2D eigenvalue weighted by atomic mass is 10.1. The molecular weight excluding hydrogens is 428 g/mol. The predicted octanol–water partition coefficient (Wildman–Crippen LogP) is 3.69. The van der Waals surface area contributed by atoms with Gasteiger partial charge in [-0.15, -0.1) is 11.8 Å². The van der Waals surface area contributed by atoms with Crippen molar-refractivity contribution in [2.45, 2.75) is 49.0 Å². The van der Waals surface area contributed by atoms with Gasteiger partial charge in [0, 0.05) is 29.3 Å². The van der Waals surface area contributed by atoms with Crippen LogP contribution in [0.5, 0.6) is 23.0 Å². The van der Waals surface area contributed by atoms with Gasteiger partial charge in [-0.3, -0.25) is 9.69 Å². The zero-order chi connectivity index (χ0) is 22.7. The van der Waals surface area contributed by atoms with Crippen LogP contribution in [0.25, 0.3) is 0 Å². The number of rotatable bonds is 8. The molecule has 8 heteroatoms. The van der Waals surface area contributed by atoms with E-state index in [0.29, 0.717) is 29.0 Å². The van der Waals surface area contributed by atoms with Crippen LogP contribution in [-0.4, -0.2) is 55.7 Å². The van der Waals surface area contributed by atoms with E-state index in [1.165, 1.54) is 4.90 Å². The second-order valence-corrected chi connectivity index (χ2v) is 9.67. The Morgan fingerprint density at radius 2 is 1.97 bits per heavy atom. The Balaban J connectivity index is 1.52. The van der Waals surface area contributed by atoms with Crippen molar-refractivity contribution < 1.29 is 23.7 Å². The van der Waals surface area contributed by atoms with Crippen molar-refractivity contribution in [2.24, 2.45) is 0 Å². The van der Waals surface area contributed by atoms with Crippen LogP contribution in [-0.2, 0) is 11.3 Å². The Kier molecular flexibility index (Phi) is 7.01. The van der Waals surface area contributed by atoms with Gasteiger partial charge in [0.2, 0.25) is 18.4 Å². The van der Waals surface area contributed by atoms with Crippen LogP contribution in [0, 0.1) is 0 Å². The third kappa shape index (κ3) is 5.07. The molecule has 1 saturated heterocycles. The summed E-state index contributed by atoms with van der Waals surface area (Å²) in [6.45, 7) is 5.61. The molecule has 1 fully saturated rings. The maximum atomic E-state index is 13.0. The number of thioether (sulfide) groups is 1. The zero-order valence-electron chi connectivity index (χ0n) is 18.9. The molecule has 1 amide bonds. The molecule has 0 aliphatic carbocycles. The van der Waals surface area contributed by atoms with Crippen molar-refractivity contribution in [3.05, 3.63) is 42.0 Å². The Morgan fingerprint density at radius 3 is 2.66 bits per heavy atom. The van der Waals surface area contributed by atoms with Crippen LogP contribution in [0.3, 0.4) is 0 Å². The molecule has 7 nitrogen and oxygen atoms in total. The normalized spacial score (nSPS) is 19.9. The molecule has 0 bridgehead atoms. The fraction of sp³-hybridized carbons (Fsp3) is 0.458. The van der Waals surface area contributed by atoms with Gasteiger partial charge in [-0.1, -0.05) is 0 Å². The Morgan fingerprint density at radius 1 is 1.19 bits per heavy atom. The molecule has 2 aliphatic rings. The molecule has 4 rings (SSSR count). The molecule has 32 heavy (non-hydrogen) atoms. The lowest BCUT2D eigenvalue weighted by Crippen LogP contribution is -2.45.